The van der Waals surface area contributed by atoms with Gasteiger partial charge in [0, 0.05) is 24.4 Å². The highest BCUT2D eigenvalue weighted by Crippen LogP contribution is 2.64. The maximum atomic E-state index is 11.6. The molecule has 0 heterocycles. The summed E-state index contributed by atoms with van der Waals surface area (Å²) in [7, 11) is 0. The van der Waals surface area contributed by atoms with Gasteiger partial charge in [0.15, 0.2) is 0 Å². The van der Waals surface area contributed by atoms with Crippen LogP contribution in [0.2, 0.25) is 0 Å². The number of carboxylic acids is 1. The Morgan fingerprint density at radius 3 is 2.68 bits per heavy atom. The number of aromatic hydroxyl groups is 1. The highest BCUT2D eigenvalue weighted by Gasteiger charge is 2.63. The molecule has 37 heavy (non-hydrogen) atoms. The second-order valence-corrected chi connectivity index (χ2v) is 11.5. The molecule has 0 bridgehead atoms. The Hall–Kier alpha value is -2.07. The highest BCUT2D eigenvalue weighted by molar-refractivity contribution is 5.66. The van der Waals surface area contributed by atoms with E-state index in [0.717, 1.165) is 57.8 Å². The number of unbranched alkanes of at least 4 members (excludes halogenated alkanes) is 4. The van der Waals surface area contributed by atoms with Crippen molar-refractivity contribution >= 4 is 5.97 Å². The molecule has 0 amide bonds. The summed E-state index contributed by atoms with van der Waals surface area (Å²) >= 11 is 0. The fraction of sp³-hybridized carbons (Fsp3) is 0.710. The molecule has 6 nitrogen and oxygen atoms in total. The Balaban J connectivity index is 1.36. The summed E-state index contributed by atoms with van der Waals surface area (Å²) in [6.45, 7) is 5.77. The third kappa shape index (κ3) is 6.00. The maximum absolute atomic E-state index is 11.6. The number of phenols is 1. The molecule has 1 aromatic carbocycles. The van der Waals surface area contributed by atoms with E-state index in [1.54, 1.807) is 6.07 Å². The van der Waals surface area contributed by atoms with E-state index in [1.165, 1.54) is 11.1 Å². The topological polar surface area (TPSA) is 96.2 Å². The van der Waals surface area contributed by atoms with Crippen LogP contribution in [0.4, 0.5) is 0 Å². The van der Waals surface area contributed by atoms with Crippen LogP contribution < -0.4 is 0 Å². The summed E-state index contributed by atoms with van der Waals surface area (Å²) in [4.78, 5) is 10.6. The first kappa shape index (κ1) is 28.0. The summed E-state index contributed by atoms with van der Waals surface area (Å²) in [5, 5.41) is 30.4. The van der Waals surface area contributed by atoms with Crippen molar-refractivity contribution in [1.82, 2.24) is 0 Å². The third-order valence-electron chi connectivity index (χ3n) is 9.39. The molecule has 6 heteroatoms. The SMILES string of the molecule is CC#C[C@]1(O)CC[C@H]2[C@@H]3CCc4cc(O)ccc4[C@H]3[C@@H](OCCOCCCCCCCC(=O)O)C[C@@]21C. The first-order valence-electron chi connectivity index (χ1n) is 14.2. The molecule has 0 unspecified atom stereocenters. The average molecular weight is 513 g/mol. The largest absolute Gasteiger partial charge is 0.508 e. The maximum Gasteiger partial charge on any atom is 0.303 e. The van der Waals surface area contributed by atoms with Crippen molar-refractivity contribution in [2.45, 2.75) is 102 Å². The van der Waals surface area contributed by atoms with E-state index in [4.69, 9.17) is 14.6 Å². The molecule has 0 aromatic heterocycles. The summed E-state index contributed by atoms with van der Waals surface area (Å²) < 4.78 is 12.4. The second-order valence-electron chi connectivity index (χ2n) is 11.5. The lowest BCUT2D eigenvalue weighted by atomic mass is 9.52. The smallest absolute Gasteiger partial charge is 0.303 e. The van der Waals surface area contributed by atoms with E-state index in [1.807, 2.05) is 13.0 Å². The number of fused-ring (bicyclic) bond motifs is 5. The zero-order valence-electron chi connectivity index (χ0n) is 22.5. The first-order valence-corrected chi connectivity index (χ1v) is 14.2. The van der Waals surface area contributed by atoms with Crippen LogP contribution in [0.3, 0.4) is 0 Å². The Labute approximate surface area is 221 Å². The minimum absolute atomic E-state index is 0.0315. The van der Waals surface area contributed by atoms with Crippen LogP contribution in [0.1, 0.15) is 95.1 Å². The van der Waals surface area contributed by atoms with Gasteiger partial charge < -0.3 is 24.8 Å². The van der Waals surface area contributed by atoms with Gasteiger partial charge in [0.25, 0.3) is 0 Å². The Morgan fingerprint density at radius 1 is 1.11 bits per heavy atom. The van der Waals surface area contributed by atoms with Crippen LogP contribution in [0.5, 0.6) is 5.75 Å². The predicted molar refractivity (Wildman–Crippen MR) is 142 cm³/mol. The van der Waals surface area contributed by atoms with Crippen molar-refractivity contribution in [3.8, 4) is 17.6 Å². The lowest BCUT2D eigenvalue weighted by Gasteiger charge is -2.55. The third-order valence-corrected chi connectivity index (χ3v) is 9.39. The second kappa shape index (κ2) is 12.2. The van der Waals surface area contributed by atoms with Crippen molar-refractivity contribution in [3.05, 3.63) is 29.3 Å². The average Bonchev–Trinajstić information content (AvgIpc) is 3.12. The molecule has 3 aliphatic carbocycles. The predicted octanol–water partition coefficient (Wildman–Crippen LogP) is 5.44. The Bertz CT molecular complexity index is 995. The van der Waals surface area contributed by atoms with Crippen molar-refractivity contribution in [3.63, 3.8) is 0 Å². The van der Waals surface area contributed by atoms with Gasteiger partial charge >= 0.3 is 5.97 Å². The number of hydrogen-bond acceptors (Lipinski definition) is 5. The number of rotatable bonds is 12. The molecular formula is C31H44O6. The standard InChI is InChI=1S/C31H44O6/c1-3-15-31(35)16-14-26-25-12-10-22-20-23(32)11-13-24(22)29(25)27(21-30(26,31)2)37-19-18-36-17-8-6-4-5-7-9-28(33)34/h11,13,20,25-27,29,32,35H,4-10,12,14,16-19,21H2,1-2H3,(H,33,34)/t25-,26-,27-,29+,30-,31-/m0/s1. The van der Waals surface area contributed by atoms with E-state index in [-0.39, 0.29) is 23.9 Å². The van der Waals surface area contributed by atoms with Crippen molar-refractivity contribution in [2.24, 2.45) is 17.3 Å². The zero-order valence-corrected chi connectivity index (χ0v) is 22.5. The number of ether oxygens (including phenoxy) is 2. The molecule has 6 atom stereocenters. The first-order chi connectivity index (χ1) is 17.8. The van der Waals surface area contributed by atoms with Gasteiger partial charge in [0.05, 0.1) is 19.3 Å². The van der Waals surface area contributed by atoms with Gasteiger partial charge in [0.1, 0.15) is 11.4 Å². The molecule has 204 valence electrons. The van der Waals surface area contributed by atoms with Gasteiger partial charge in [-0.05, 0) is 87.0 Å². The van der Waals surface area contributed by atoms with E-state index in [0.29, 0.717) is 43.8 Å². The fourth-order valence-corrected chi connectivity index (χ4v) is 7.57. The monoisotopic (exact) mass is 512 g/mol. The normalized spacial score (nSPS) is 32.1. The summed E-state index contributed by atoms with van der Waals surface area (Å²) in [6.07, 6.45) is 9.44. The Kier molecular flexibility index (Phi) is 9.21. The van der Waals surface area contributed by atoms with Gasteiger partial charge in [-0.3, -0.25) is 4.79 Å². The van der Waals surface area contributed by atoms with E-state index in [2.05, 4.69) is 24.8 Å². The lowest BCUT2D eigenvalue weighted by Crippen LogP contribution is -2.55. The molecular weight excluding hydrogens is 468 g/mol. The van der Waals surface area contributed by atoms with Crippen LogP contribution in [-0.4, -0.2) is 52.8 Å². The van der Waals surface area contributed by atoms with Crippen LogP contribution in [0.25, 0.3) is 0 Å². The molecule has 1 aromatic rings. The molecule has 4 rings (SSSR count). The minimum Gasteiger partial charge on any atom is -0.508 e. The molecule has 0 spiro atoms. The van der Waals surface area contributed by atoms with Crippen LogP contribution in [0.15, 0.2) is 18.2 Å². The van der Waals surface area contributed by atoms with Gasteiger partial charge in [0.2, 0.25) is 0 Å². The number of carbonyl (C=O) groups is 1. The number of benzene rings is 1. The number of aliphatic hydroxyl groups is 1. The van der Waals surface area contributed by atoms with E-state index < -0.39 is 11.6 Å². The highest BCUT2D eigenvalue weighted by atomic mass is 16.5. The molecule has 0 saturated heterocycles. The van der Waals surface area contributed by atoms with Gasteiger partial charge in [-0.15, -0.1) is 5.92 Å². The van der Waals surface area contributed by atoms with Crippen molar-refractivity contribution in [1.29, 1.82) is 0 Å². The number of hydrogen-bond donors (Lipinski definition) is 3. The summed E-state index contributed by atoms with van der Waals surface area (Å²) in [6, 6.07) is 5.79. The van der Waals surface area contributed by atoms with Gasteiger partial charge in [-0.25, -0.2) is 0 Å². The lowest BCUT2D eigenvalue weighted by molar-refractivity contribution is -0.137. The molecule has 2 saturated carbocycles. The van der Waals surface area contributed by atoms with Crippen LogP contribution >= 0.6 is 0 Å². The van der Waals surface area contributed by atoms with Crippen LogP contribution in [0, 0.1) is 29.1 Å². The summed E-state index contributed by atoms with van der Waals surface area (Å²) in [5.74, 6) is 6.86. The number of aliphatic carboxylic acids is 1. The van der Waals surface area contributed by atoms with E-state index >= 15 is 0 Å². The fourth-order valence-electron chi connectivity index (χ4n) is 7.57. The molecule has 2 fully saturated rings. The Morgan fingerprint density at radius 2 is 1.89 bits per heavy atom. The summed E-state index contributed by atoms with van der Waals surface area (Å²) in [5.41, 5.74) is 1.23. The number of carboxylic acid groups (broad SMARTS) is 1. The van der Waals surface area contributed by atoms with E-state index in [9.17, 15) is 15.0 Å². The zero-order chi connectivity index (χ0) is 26.5. The molecule has 0 aliphatic heterocycles. The van der Waals surface area contributed by atoms with Crippen molar-refractivity contribution in [2.75, 3.05) is 19.8 Å². The van der Waals surface area contributed by atoms with Crippen molar-refractivity contribution < 1.29 is 29.6 Å². The van der Waals surface area contributed by atoms with Crippen LogP contribution in [-0.2, 0) is 20.7 Å². The van der Waals surface area contributed by atoms with Gasteiger partial charge in [-0.1, -0.05) is 38.2 Å². The number of aryl methyl sites for hydroxylation is 1. The quantitative estimate of drug-likeness (QED) is 0.255. The minimum atomic E-state index is -0.977. The molecule has 3 N–H and O–H groups in total. The van der Waals surface area contributed by atoms with Gasteiger partial charge in [-0.2, -0.15) is 0 Å². The molecule has 3 aliphatic rings. The molecule has 0 radical (unpaired) electrons. The number of phenolic OH excluding ortho intramolecular Hbond substituents is 1.